The average Bonchev–Trinajstić information content (AvgIpc) is 3.32. The number of hydrogen-bond donors (Lipinski definition) is 2. The van der Waals surface area contributed by atoms with Crippen molar-refractivity contribution in [2.75, 3.05) is 11.9 Å². The lowest BCUT2D eigenvalue weighted by Gasteiger charge is -2.11. The molecule has 2 aromatic carbocycles. The molecule has 0 atom stereocenters. The topological polar surface area (TPSA) is 63.5 Å². The van der Waals surface area contributed by atoms with E-state index in [1.54, 1.807) is 42.5 Å². The maximum atomic E-state index is 13.0. The highest BCUT2D eigenvalue weighted by Crippen LogP contribution is 2.32. The van der Waals surface area contributed by atoms with Gasteiger partial charge < -0.3 is 14.5 Å². The third-order valence-corrected chi connectivity index (χ3v) is 4.83. The molecule has 0 fully saturated rings. The Bertz CT molecular complexity index is 1280. The summed E-state index contributed by atoms with van der Waals surface area (Å²) in [5.41, 5.74) is 0.805. The molecule has 3 aromatic rings. The summed E-state index contributed by atoms with van der Waals surface area (Å²) in [5, 5.41) is 5.35. The molecular weight excluding hydrogens is 477 g/mol. The summed E-state index contributed by atoms with van der Waals surface area (Å²) in [5.74, 6) is -0.0741. The molecule has 35 heavy (non-hydrogen) atoms. The Labute approximate surface area is 205 Å². The smallest absolute Gasteiger partial charge is 0.416 e. The van der Waals surface area contributed by atoms with Crippen LogP contribution in [0.4, 0.5) is 18.9 Å². The quantitative estimate of drug-likeness (QED) is 0.265. The molecule has 3 rings (SSSR count). The summed E-state index contributed by atoms with van der Waals surface area (Å²) in [6, 6.07) is 14.4. The molecule has 0 radical (unpaired) electrons. The standard InChI is InChI=1S/C26H21F3N2O3S/c1-3-7-17(4-2)16-33-21-11-6-10-20(15-21)30-25(35)31-24(32)23-13-12-22(34-23)18-8-5-9-19(14-18)26(27,28)29/h3-15H,1-2,16H2,(H2,30,31,32,35)/b17-7+. The lowest BCUT2D eigenvalue weighted by atomic mass is 10.1. The van der Waals surface area contributed by atoms with Crippen LogP contribution in [0.15, 0.2) is 102 Å². The van der Waals surface area contributed by atoms with Crippen LogP contribution in [-0.2, 0) is 6.18 Å². The molecule has 5 nitrogen and oxygen atoms in total. The number of alkyl halides is 3. The van der Waals surface area contributed by atoms with Gasteiger partial charge in [0.1, 0.15) is 18.1 Å². The van der Waals surface area contributed by atoms with Crippen LogP contribution < -0.4 is 15.4 Å². The van der Waals surface area contributed by atoms with Crippen molar-refractivity contribution in [3.8, 4) is 17.1 Å². The van der Waals surface area contributed by atoms with E-state index in [2.05, 4.69) is 23.8 Å². The predicted octanol–water partition coefficient (Wildman–Crippen LogP) is 6.77. The van der Waals surface area contributed by atoms with Gasteiger partial charge in [-0.25, -0.2) is 0 Å². The van der Waals surface area contributed by atoms with Crippen LogP contribution in [0.1, 0.15) is 16.1 Å². The number of furan rings is 1. The first-order valence-corrected chi connectivity index (χ1v) is 10.7. The number of halogens is 3. The third kappa shape index (κ3) is 7.18. The summed E-state index contributed by atoms with van der Waals surface area (Å²) >= 11 is 5.19. The van der Waals surface area contributed by atoms with E-state index >= 15 is 0 Å². The minimum atomic E-state index is -4.49. The van der Waals surface area contributed by atoms with E-state index in [9.17, 15) is 18.0 Å². The second-order valence-electron chi connectivity index (χ2n) is 7.15. The minimum Gasteiger partial charge on any atom is -0.489 e. The number of thiocarbonyl (C=S) groups is 1. The number of ether oxygens (including phenoxy) is 1. The second-order valence-corrected chi connectivity index (χ2v) is 7.56. The number of carbonyl (C=O) groups is 1. The maximum Gasteiger partial charge on any atom is 0.416 e. The Morgan fingerprint density at radius 3 is 2.57 bits per heavy atom. The average molecular weight is 499 g/mol. The number of allylic oxidation sites excluding steroid dienone is 2. The molecule has 2 N–H and O–H groups in total. The Morgan fingerprint density at radius 1 is 1.09 bits per heavy atom. The van der Waals surface area contributed by atoms with Gasteiger partial charge in [-0.15, -0.1) is 0 Å². The van der Waals surface area contributed by atoms with E-state index in [1.165, 1.54) is 24.3 Å². The van der Waals surface area contributed by atoms with E-state index in [4.69, 9.17) is 21.4 Å². The summed E-state index contributed by atoms with van der Waals surface area (Å²) in [7, 11) is 0. The molecule has 0 bridgehead atoms. The van der Waals surface area contributed by atoms with Gasteiger partial charge in [-0.05, 0) is 54.2 Å². The molecule has 0 spiro atoms. The molecule has 0 aliphatic heterocycles. The monoisotopic (exact) mass is 498 g/mol. The Morgan fingerprint density at radius 2 is 1.86 bits per heavy atom. The van der Waals surface area contributed by atoms with Crippen molar-refractivity contribution in [1.29, 1.82) is 0 Å². The fraction of sp³-hybridized carbons (Fsp3) is 0.0769. The van der Waals surface area contributed by atoms with Gasteiger partial charge >= 0.3 is 6.18 Å². The first-order chi connectivity index (χ1) is 16.7. The number of amides is 1. The van der Waals surface area contributed by atoms with E-state index in [0.717, 1.165) is 17.7 Å². The fourth-order valence-electron chi connectivity index (χ4n) is 2.95. The van der Waals surface area contributed by atoms with E-state index < -0.39 is 17.6 Å². The van der Waals surface area contributed by atoms with Crippen molar-refractivity contribution in [2.45, 2.75) is 6.18 Å². The number of nitrogens with one attached hydrogen (secondary N) is 2. The molecule has 0 unspecified atom stereocenters. The third-order valence-electron chi connectivity index (χ3n) is 4.62. The largest absolute Gasteiger partial charge is 0.489 e. The number of benzene rings is 2. The zero-order valence-corrected chi connectivity index (χ0v) is 19.2. The summed E-state index contributed by atoms with van der Waals surface area (Å²) in [6.07, 6.45) is 0.606. The van der Waals surface area contributed by atoms with Crippen LogP contribution in [0.3, 0.4) is 0 Å². The predicted molar refractivity (Wildman–Crippen MR) is 133 cm³/mol. The van der Waals surface area contributed by atoms with E-state index in [0.29, 0.717) is 18.0 Å². The molecule has 0 saturated heterocycles. The summed E-state index contributed by atoms with van der Waals surface area (Å²) in [6.45, 7) is 7.65. The van der Waals surface area contributed by atoms with Gasteiger partial charge in [0.25, 0.3) is 5.91 Å². The zero-order valence-electron chi connectivity index (χ0n) is 18.4. The lowest BCUT2D eigenvalue weighted by molar-refractivity contribution is -0.137. The van der Waals surface area contributed by atoms with Crippen molar-refractivity contribution in [3.05, 3.63) is 109 Å². The van der Waals surface area contributed by atoms with Crippen molar-refractivity contribution in [2.24, 2.45) is 0 Å². The van der Waals surface area contributed by atoms with Crippen LogP contribution in [-0.4, -0.2) is 17.6 Å². The van der Waals surface area contributed by atoms with Crippen LogP contribution >= 0.6 is 12.2 Å². The van der Waals surface area contributed by atoms with Crippen molar-refractivity contribution in [1.82, 2.24) is 5.32 Å². The normalized spacial score (nSPS) is 11.5. The highest BCUT2D eigenvalue weighted by Gasteiger charge is 2.30. The van der Waals surface area contributed by atoms with Crippen molar-refractivity contribution in [3.63, 3.8) is 0 Å². The van der Waals surface area contributed by atoms with Gasteiger partial charge in [-0.1, -0.05) is 49.6 Å². The molecular formula is C26H21F3N2O3S. The Hall–Kier alpha value is -4.11. The highest BCUT2D eigenvalue weighted by atomic mass is 32.1. The SMILES string of the molecule is C=C/C=C(\C=C)COc1cccc(NC(=S)NC(=O)c2ccc(-c3cccc(C(F)(F)F)c3)o2)c1. The molecule has 9 heteroatoms. The van der Waals surface area contributed by atoms with Crippen molar-refractivity contribution >= 4 is 28.9 Å². The number of anilines is 1. The van der Waals surface area contributed by atoms with Gasteiger partial charge in [0.15, 0.2) is 10.9 Å². The van der Waals surface area contributed by atoms with Crippen LogP contribution in [0.25, 0.3) is 11.3 Å². The molecule has 1 aromatic heterocycles. The Balaban J connectivity index is 1.61. The minimum absolute atomic E-state index is 0.00232. The van der Waals surface area contributed by atoms with Crippen LogP contribution in [0, 0.1) is 0 Å². The van der Waals surface area contributed by atoms with Gasteiger partial charge in [0.2, 0.25) is 0 Å². The second kappa shape index (κ2) is 11.3. The van der Waals surface area contributed by atoms with Crippen molar-refractivity contribution < 1.29 is 27.1 Å². The number of hydrogen-bond acceptors (Lipinski definition) is 4. The molecule has 1 amide bonds. The number of carbonyl (C=O) groups excluding carboxylic acids is 1. The zero-order chi connectivity index (χ0) is 25.4. The molecule has 0 aliphatic rings. The molecule has 180 valence electrons. The molecule has 0 aliphatic carbocycles. The number of rotatable bonds is 8. The van der Waals surface area contributed by atoms with E-state index in [-0.39, 0.29) is 22.2 Å². The Kier molecular flexibility index (Phi) is 8.27. The molecule has 1 heterocycles. The van der Waals surface area contributed by atoms with Crippen LogP contribution in [0.2, 0.25) is 0 Å². The van der Waals surface area contributed by atoms with Gasteiger partial charge in [0.05, 0.1) is 5.56 Å². The maximum absolute atomic E-state index is 13.0. The highest BCUT2D eigenvalue weighted by molar-refractivity contribution is 7.80. The first kappa shape index (κ1) is 25.5. The summed E-state index contributed by atoms with van der Waals surface area (Å²) in [4.78, 5) is 12.5. The lowest BCUT2D eigenvalue weighted by Crippen LogP contribution is -2.33. The van der Waals surface area contributed by atoms with E-state index in [1.807, 2.05) is 0 Å². The first-order valence-electron chi connectivity index (χ1n) is 10.3. The van der Waals surface area contributed by atoms with Gasteiger partial charge in [-0.3, -0.25) is 10.1 Å². The van der Waals surface area contributed by atoms with Gasteiger partial charge in [-0.2, -0.15) is 13.2 Å². The summed E-state index contributed by atoms with van der Waals surface area (Å²) < 4.78 is 50.0. The van der Waals surface area contributed by atoms with Crippen LogP contribution in [0.5, 0.6) is 5.75 Å². The fourth-order valence-corrected chi connectivity index (χ4v) is 3.16. The van der Waals surface area contributed by atoms with Gasteiger partial charge in [0, 0.05) is 17.3 Å². The molecule has 0 saturated carbocycles.